The van der Waals surface area contributed by atoms with Crippen LogP contribution in [0.1, 0.15) is 32.2 Å². The molecule has 0 saturated carbocycles. The molecule has 0 atom stereocenters. The molecule has 31 heavy (non-hydrogen) atoms. The van der Waals surface area contributed by atoms with Gasteiger partial charge in [0.05, 0.1) is 4.90 Å². The molecule has 1 heterocycles. The number of hydrogen-bond donors (Lipinski definition) is 1. The summed E-state index contributed by atoms with van der Waals surface area (Å²) >= 11 is 1.33. The Balaban J connectivity index is 1.74. The SMILES string of the molecule is Cc1ccc(OCc2nc(C(=O)Nc3cc(S(=O)(=O)N(C)C)cc(C)c3C)cs2)cc1. The monoisotopic (exact) mass is 459 g/mol. The fourth-order valence-electron chi connectivity index (χ4n) is 2.76. The van der Waals surface area contributed by atoms with E-state index in [4.69, 9.17) is 4.74 Å². The molecule has 9 heteroatoms. The Bertz CT molecular complexity index is 1200. The molecule has 3 rings (SSSR count). The summed E-state index contributed by atoms with van der Waals surface area (Å²) in [6.45, 7) is 5.90. The number of nitrogens with zero attached hydrogens (tertiary/aromatic N) is 2. The van der Waals surface area contributed by atoms with Gasteiger partial charge in [-0.1, -0.05) is 17.7 Å². The van der Waals surface area contributed by atoms with Gasteiger partial charge in [-0.15, -0.1) is 11.3 Å². The van der Waals surface area contributed by atoms with E-state index in [1.165, 1.54) is 31.5 Å². The number of nitrogens with one attached hydrogen (secondary N) is 1. The van der Waals surface area contributed by atoms with Crippen LogP contribution >= 0.6 is 11.3 Å². The van der Waals surface area contributed by atoms with Crippen LogP contribution in [0.25, 0.3) is 0 Å². The zero-order chi connectivity index (χ0) is 22.8. The van der Waals surface area contributed by atoms with Gasteiger partial charge in [0, 0.05) is 25.2 Å². The molecule has 7 nitrogen and oxygen atoms in total. The molecule has 0 saturated heterocycles. The van der Waals surface area contributed by atoms with Crippen LogP contribution in [0, 0.1) is 20.8 Å². The lowest BCUT2D eigenvalue weighted by Gasteiger charge is -2.16. The van der Waals surface area contributed by atoms with E-state index in [0.717, 1.165) is 26.7 Å². The summed E-state index contributed by atoms with van der Waals surface area (Å²) in [6.07, 6.45) is 0. The van der Waals surface area contributed by atoms with Crippen molar-refractivity contribution < 1.29 is 17.9 Å². The second kappa shape index (κ2) is 9.17. The maximum atomic E-state index is 12.7. The number of thiazole rings is 1. The van der Waals surface area contributed by atoms with Crippen molar-refractivity contribution in [1.82, 2.24) is 9.29 Å². The highest BCUT2D eigenvalue weighted by Gasteiger charge is 2.21. The summed E-state index contributed by atoms with van der Waals surface area (Å²) in [5.74, 6) is 0.330. The molecule has 164 valence electrons. The van der Waals surface area contributed by atoms with Crippen molar-refractivity contribution in [2.45, 2.75) is 32.3 Å². The summed E-state index contributed by atoms with van der Waals surface area (Å²) in [6, 6.07) is 10.8. The molecule has 0 radical (unpaired) electrons. The molecule has 0 aliphatic rings. The first-order valence-electron chi connectivity index (χ1n) is 9.57. The standard InChI is InChI=1S/C22H25N3O4S2/c1-14-6-8-17(9-7-14)29-12-21-23-20(13-30-21)22(26)24-19-11-18(10-15(2)16(19)3)31(27,28)25(4)5/h6-11,13H,12H2,1-5H3,(H,24,26). The summed E-state index contributed by atoms with van der Waals surface area (Å²) in [5, 5.41) is 5.12. The predicted molar refractivity (Wildman–Crippen MR) is 122 cm³/mol. The van der Waals surface area contributed by atoms with E-state index >= 15 is 0 Å². The lowest BCUT2D eigenvalue weighted by atomic mass is 10.1. The summed E-state index contributed by atoms with van der Waals surface area (Å²) in [7, 11) is -0.679. The Labute approximate surface area is 186 Å². The van der Waals surface area contributed by atoms with Crippen molar-refractivity contribution in [2.75, 3.05) is 19.4 Å². The molecule has 0 aliphatic carbocycles. The molecular weight excluding hydrogens is 434 g/mol. The van der Waals surface area contributed by atoms with Crippen molar-refractivity contribution in [2.24, 2.45) is 0 Å². The number of amides is 1. The maximum absolute atomic E-state index is 12.7. The van der Waals surface area contributed by atoms with Crippen molar-refractivity contribution in [3.8, 4) is 5.75 Å². The minimum Gasteiger partial charge on any atom is -0.486 e. The van der Waals surface area contributed by atoms with Crippen molar-refractivity contribution >= 4 is 33.0 Å². The van der Waals surface area contributed by atoms with E-state index in [1.807, 2.05) is 45.0 Å². The van der Waals surface area contributed by atoms with Crippen molar-refractivity contribution in [1.29, 1.82) is 0 Å². The van der Waals surface area contributed by atoms with Crippen LogP contribution < -0.4 is 10.1 Å². The van der Waals surface area contributed by atoms with Gasteiger partial charge in [-0.05, 0) is 56.2 Å². The van der Waals surface area contributed by atoms with E-state index in [9.17, 15) is 13.2 Å². The highest BCUT2D eigenvalue weighted by atomic mass is 32.2. The first-order valence-corrected chi connectivity index (χ1v) is 11.9. The first kappa shape index (κ1) is 22.9. The minimum absolute atomic E-state index is 0.126. The van der Waals surface area contributed by atoms with E-state index in [1.54, 1.807) is 11.4 Å². The van der Waals surface area contributed by atoms with Crippen molar-refractivity contribution in [3.05, 3.63) is 69.2 Å². The summed E-state index contributed by atoms with van der Waals surface area (Å²) in [4.78, 5) is 17.2. The molecule has 2 aromatic carbocycles. The average Bonchev–Trinajstić information content (AvgIpc) is 3.20. The van der Waals surface area contributed by atoms with Crippen molar-refractivity contribution in [3.63, 3.8) is 0 Å². The van der Waals surface area contributed by atoms with Crippen LogP contribution in [0.4, 0.5) is 5.69 Å². The van der Waals surface area contributed by atoms with Crippen LogP contribution in [-0.2, 0) is 16.6 Å². The van der Waals surface area contributed by atoms with Gasteiger partial charge < -0.3 is 10.1 Å². The lowest BCUT2D eigenvalue weighted by molar-refractivity contribution is 0.102. The summed E-state index contributed by atoms with van der Waals surface area (Å²) in [5.41, 5.74) is 3.41. The largest absolute Gasteiger partial charge is 0.486 e. The zero-order valence-corrected chi connectivity index (χ0v) is 19.7. The lowest BCUT2D eigenvalue weighted by Crippen LogP contribution is -2.23. The first-order chi connectivity index (χ1) is 14.6. The van der Waals surface area contributed by atoms with Crippen LogP contribution in [0.15, 0.2) is 46.7 Å². The minimum atomic E-state index is -3.62. The number of rotatable bonds is 7. The fourth-order valence-corrected chi connectivity index (χ4v) is 4.46. The van der Waals surface area contributed by atoms with Gasteiger partial charge in [0.1, 0.15) is 23.1 Å². The van der Waals surface area contributed by atoms with Crippen LogP contribution in [0.3, 0.4) is 0 Å². The second-order valence-electron chi connectivity index (χ2n) is 7.38. The smallest absolute Gasteiger partial charge is 0.275 e. The normalized spacial score (nSPS) is 11.5. The molecule has 0 bridgehead atoms. The number of aryl methyl sites for hydroxylation is 2. The molecule has 0 unspecified atom stereocenters. The Kier molecular flexibility index (Phi) is 6.78. The number of carbonyl (C=O) groups is 1. The Morgan fingerprint density at radius 3 is 2.45 bits per heavy atom. The van der Waals surface area contributed by atoms with Gasteiger partial charge >= 0.3 is 0 Å². The van der Waals surface area contributed by atoms with Gasteiger partial charge in [-0.25, -0.2) is 17.7 Å². The topological polar surface area (TPSA) is 88.6 Å². The highest BCUT2D eigenvalue weighted by molar-refractivity contribution is 7.89. The van der Waals surface area contributed by atoms with Gasteiger partial charge in [0.2, 0.25) is 10.0 Å². The quantitative estimate of drug-likeness (QED) is 0.573. The number of anilines is 1. The molecule has 0 fully saturated rings. The third-order valence-electron chi connectivity index (χ3n) is 4.84. The Morgan fingerprint density at radius 2 is 1.81 bits per heavy atom. The van der Waals surface area contributed by atoms with E-state index in [2.05, 4.69) is 10.3 Å². The van der Waals surface area contributed by atoms with E-state index < -0.39 is 15.9 Å². The number of aromatic nitrogens is 1. The maximum Gasteiger partial charge on any atom is 0.275 e. The van der Waals surface area contributed by atoms with Crippen LogP contribution in [0.2, 0.25) is 0 Å². The second-order valence-corrected chi connectivity index (χ2v) is 10.5. The molecule has 1 aromatic heterocycles. The number of benzene rings is 2. The number of carbonyl (C=O) groups excluding carboxylic acids is 1. The van der Waals surface area contributed by atoms with E-state index in [0.29, 0.717) is 10.7 Å². The van der Waals surface area contributed by atoms with Gasteiger partial charge in [-0.2, -0.15) is 0 Å². The molecule has 1 N–H and O–H groups in total. The number of ether oxygens (including phenoxy) is 1. The zero-order valence-electron chi connectivity index (χ0n) is 18.1. The predicted octanol–water partition coefficient (Wildman–Crippen LogP) is 4.15. The molecule has 3 aromatic rings. The summed E-state index contributed by atoms with van der Waals surface area (Å²) < 4.78 is 31.9. The number of sulfonamides is 1. The molecule has 0 spiro atoms. The molecular formula is C22H25N3O4S2. The van der Waals surface area contributed by atoms with Crippen LogP contribution in [-0.4, -0.2) is 37.7 Å². The van der Waals surface area contributed by atoms with Gasteiger partial charge in [-0.3, -0.25) is 4.79 Å². The Morgan fingerprint density at radius 1 is 1.13 bits per heavy atom. The number of hydrogen-bond acceptors (Lipinski definition) is 6. The van der Waals surface area contributed by atoms with Gasteiger partial charge in [0.15, 0.2) is 0 Å². The van der Waals surface area contributed by atoms with Gasteiger partial charge in [0.25, 0.3) is 5.91 Å². The molecule has 0 aliphatic heterocycles. The third kappa shape index (κ3) is 5.30. The van der Waals surface area contributed by atoms with E-state index in [-0.39, 0.29) is 17.2 Å². The Hall–Kier alpha value is -2.75. The fraction of sp³-hybridized carbons (Fsp3) is 0.273. The molecule has 1 amide bonds. The average molecular weight is 460 g/mol. The third-order valence-corrected chi connectivity index (χ3v) is 7.45. The highest BCUT2D eigenvalue weighted by Crippen LogP contribution is 2.26. The van der Waals surface area contributed by atoms with Crippen LogP contribution in [0.5, 0.6) is 5.75 Å².